The summed E-state index contributed by atoms with van der Waals surface area (Å²) in [5, 5.41) is 12.5. The molecule has 1 aromatic heterocycles. The van der Waals surface area contributed by atoms with Crippen LogP contribution in [0, 0.1) is 0 Å². The zero-order valence-electron chi connectivity index (χ0n) is 16.5. The Labute approximate surface area is 176 Å². The van der Waals surface area contributed by atoms with Crippen LogP contribution in [-0.2, 0) is 23.5 Å². The number of carbonyl (C=O) groups is 1. The number of aromatic nitrogens is 1. The van der Waals surface area contributed by atoms with Gasteiger partial charge in [-0.25, -0.2) is 4.98 Å². The number of hydrogen-bond acceptors (Lipinski definition) is 5. The van der Waals surface area contributed by atoms with E-state index >= 15 is 0 Å². The largest absolute Gasteiger partial charge is 0.424 e. The Morgan fingerprint density at radius 3 is 2.37 bits per heavy atom. The van der Waals surface area contributed by atoms with Gasteiger partial charge < -0.3 is 15.3 Å². The molecule has 0 saturated carbocycles. The summed E-state index contributed by atoms with van der Waals surface area (Å²) in [6, 6.07) is 13.9. The number of carbonyl (C=O) groups excluding carboxylic acids is 1. The van der Waals surface area contributed by atoms with Gasteiger partial charge in [0.25, 0.3) is 0 Å². The highest BCUT2D eigenvalue weighted by Gasteiger charge is 2.58. The number of rotatable bonds is 7. The average Bonchev–Trinajstić information content (AvgIpc) is 3.10. The second-order valence-electron chi connectivity index (χ2n) is 7.30. The molecule has 160 valence electrons. The predicted octanol–water partition coefficient (Wildman–Crippen LogP) is 3.81. The molecule has 2 N–H and O–H groups in total. The number of thiazole rings is 1. The molecular weight excluding hydrogens is 415 g/mol. The number of amides is 1. The molecule has 3 rings (SSSR count). The van der Waals surface area contributed by atoms with Crippen molar-refractivity contribution in [3.8, 4) is 0 Å². The van der Waals surface area contributed by atoms with Crippen molar-refractivity contribution in [3.63, 3.8) is 0 Å². The van der Waals surface area contributed by atoms with Gasteiger partial charge in [0.2, 0.25) is 11.5 Å². The van der Waals surface area contributed by atoms with Gasteiger partial charge in [-0.3, -0.25) is 4.79 Å². The van der Waals surface area contributed by atoms with Crippen molar-refractivity contribution in [3.05, 3.63) is 64.7 Å². The van der Waals surface area contributed by atoms with Gasteiger partial charge in [0, 0.05) is 13.1 Å². The molecule has 0 bridgehead atoms. The van der Waals surface area contributed by atoms with E-state index in [1.807, 2.05) is 37.2 Å². The fourth-order valence-electron chi connectivity index (χ4n) is 3.06. The monoisotopic (exact) mass is 437 g/mol. The van der Waals surface area contributed by atoms with E-state index in [1.54, 1.807) is 30.3 Å². The summed E-state index contributed by atoms with van der Waals surface area (Å²) in [7, 11) is 3.80. The molecule has 30 heavy (non-hydrogen) atoms. The number of nitrogens with one attached hydrogen (secondary N) is 1. The van der Waals surface area contributed by atoms with Crippen molar-refractivity contribution < 1.29 is 23.1 Å². The van der Waals surface area contributed by atoms with E-state index in [2.05, 4.69) is 10.3 Å². The molecule has 0 saturated heterocycles. The summed E-state index contributed by atoms with van der Waals surface area (Å²) in [4.78, 5) is 18.3. The Balaban J connectivity index is 1.78. The number of halogens is 3. The zero-order valence-corrected chi connectivity index (χ0v) is 17.3. The van der Waals surface area contributed by atoms with Crippen LogP contribution in [0.1, 0.15) is 22.6 Å². The van der Waals surface area contributed by atoms with Crippen LogP contribution in [0.3, 0.4) is 0 Å². The third kappa shape index (κ3) is 4.80. The van der Waals surface area contributed by atoms with E-state index in [1.165, 1.54) is 0 Å². The van der Waals surface area contributed by atoms with E-state index < -0.39 is 29.1 Å². The van der Waals surface area contributed by atoms with Gasteiger partial charge in [-0.05, 0) is 37.4 Å². The standard InChI is InChI=1S/C21H22F3N3O2S/c1-27(2)13-15-8-4-3-7-14(15)12-25-18(28)11-20(29,21(22,23)24)19-26-16-9-5-6-10-17(16)30-19/h3-10,29H,11-13H2,1-2H3,(H,25,28). The van der Waals surface area contributed by atoms with Crippen LogP contribution in [0.25, 0.3) is 10.2 Å². The number of nitrogens with zero attached hydrogens (tertiary/aromatic N) is 2. The van der Waals surface area contributed by atoms with E-state index in [4.69, 9.17) is 0 Å². The summed E-state index contributed by atoms with van der Waals surface area (Å²) in [6.07, 6.45) is -6.22. The lowest BCUT2D eigenvalue weighted by molar-refractivity contribution is -0.267. The molecule has 0 radical (unpaired) electrons. The van der Waals surface area contributed by atoms with Crippen LogP contribution in [0.2, 0.25) is 0 Å². The maximum absolute atomic E-state index is 13.8. The first kappa shape index (κ1) is 22.2. The summed E-state index contributed by atoms with van der Waals surface area (Å²) >= 11 is 0.730. The first-order valence-electron chi connectivity index (χ1n) is 9.23. The second-order valence-corrected chi connectivity index (χ2v) is 8.34. The predicted molar refractivity (Wildman–Crippen MR) is 110 cm³/mol. The molecule has 1 atom stereocenters. The summed E-state index contributed by atoms with van der Waals surface area (Å²) < 4.78 is 41.8. The Morgan fingerprint density at radius 2 is 1.73 bits per heavy atom. The highest BCUT2D eigenvalue weighted by Crippen LogP contribution is 2.44. The van der Waals surface area contributed by atoms with E-state index in [9.17, 15) is 23.1 Å². The van der Waals surface area contributed by atoms with Crippen molar-refractivity contribution in [2.45, 2.75) is 31.3 Å². The number of para-hydroxylation sites is 1. The number of benzene rings is 2. The average molecular weight is 437 g/mol. The quantitative estimate of drug-likeness (QED) is 0.590. The molecular formula is C21H22F3N3O2S. The Hall–Kier alpha value is -2.49. The molecule has 1 unspecified atom stereocenters. The normalized spacial score (nSPS) is 14.1. The van der Waals surface area contributed by atoms with Crippen LogP contribution in [-0.4, -0.2) is 41.2 Å². The third-order valence-corrected chi connectivity index (χ3v) is 5.80. The van der Waals surface area contributed by atoms with Gasteiger partial charge in [0.05, 0.1) is 16.6 Å². The summed E-state index contributed by atoms with van der Waals surface area (Å²) in [5.74, 6) is -0.909. The van der Waals surface area contributed by atoms with Gasteiger partial charge in [-0.15, -0.1) is 11.3 Å². The summed E-state index contributed by atoms with van der Waals surface area (Å²) in [6.45, 7) is 0.695. The molecule has 2 aromatic carbocycles. The molecule has 0 spiro atoms. The topological polar surface area (TPSA) is 65.5 Å². The fraction of sp³-hybridized carbons (Fsp3) is 0.333. The van der Waals surface area contributed by atoms with Crippen LogP contribution in [0.4, 0.5) is 13.2 Å². The maximum Gasteiger partial charge on any atom is 0.424 e. The Morgan fingerprint density at radius 1 is 1.10 bits per heavy atom. The third-order valence-electron chi connectivity index (χ3n) is 4.61. The minimum absolute atomic E-state index is 0.0661. The number of aliphatic hydroxyl groups is 1. The minimum atomic E-state index is -5.05. The van der Waals surface area contributed by atoms with Crippen molar-refractivity contribution in [2.24, 2.45) is 0 Å². The summed E-state index contributed by atoms with van der Waals surface area (Å²) in [5.41, 5.74) is -1.25. The van der Waals surface area contributed by atoms with Crippen LogP contribution < -0.4 is 5.32 Å². The molecule has 0 aliphatic heterocycles. The van der Waals surface area contributed by atoms with Gasteiger partial charge >= 0.3 is 6.18 Å². The molecule has 1 amide bonds. The van der Waals surface area contributed by atoms with Gasteiger partial charge in [-0.1, -0.05) is 36.4 Å². The number of fused-ring (bicyclic) bond motifs is 1. The highest BCUT2D eigenvalue weighted by molar-refractivity contribution is 7.18. The van der Waals surface area contributed by atoms with Gasteiger partial charge in [-0.2, -0.15) is 13.2 Å². The molecule has 0 fully saturated rings. The van der Waals surface area contributed by atoms with E-state index in [0.29, 0.717) is 16.8 Å². The maximum atomic E-state index is 13.8. The smallest absolute Gasteiger partial charge is 0.374 e. The Kier molecular flexibility index (Phi) is 6.44. The van der Waals surface area contributed by atoms with Crippen molar-refractivity contribution in [2.75, 3.05) is 14.1 Å². The van der Waals surface area contributed by atoms with Crippen LogP contribution in [0.15, 0.2) is 48.5 Å². The minimum Gasteiger partial charge on any atom is -0.374 e. The fourth-order valence-corrected chi connectivity index (χ4v) is 4.13. The van der Waals surface area contributed by atoms with Crippen molar-refractivity contribution in [1.82, 2.24) is 15.2 Å². The van der Waals surface area contributed by atoms with Crippen molar-refractivity contribution >= 4 is 27.5 Å². The molecule has 0 aliphatic carbocycles. The molecule has 9 heteroatoms. The SMILES string of the molecule is CN(C)Cc1ccccc1CNC(=O)CC(O)(c1nc2ccccc2s1)C(F)(F)F. The molecule has 3 aromatic rings. The van der Waals surface area contributed by atoms with Crippen LogP contribution >= 0.6 is 11.3 Å². The van der Waals surface area contributed by atoms with Crippen LogP contribution in [0.5, 0.6) is 0 Å². The second kappa shape index (κ2) is 8.71. The van der Waals surface area contributed by atoms with Gasteiger partial charge in [0.1, 0.15) is 5.01 Å². The Bertz CT molecular complexity index is 1000. The zero-order chi connectivity index (χ0) is 21.9. The van der Waals surface area contributed by atoms with Gasteiger partial charge in [0.15, 0.2) is 0 Å². The van der Waals surface area contributed by atoms with Crippen molar-refractivity contribution in [1.29, 1.82) is 0 Å². The highest BCUT2D eigenvalue weighted by atomic mass is 32.1. The lowest BCUT2D eigenvalue weighted by atomic mass is 9.99. The number of alkyl halides is 3. The lowest BCUT2D eigenvalue weighted by Crippen LogP contribution is -2.46. The van der Waals surface area contributed by atoms with E-state index in [-0.39, 0.29) is 6.54 Å². The molecule has 0 aliphatic rings. The number of hydrogen-bond donors (Lipinski definition) is 2. The lowest BCUT2D eigenvalue weighted by Gasteiger charge is -2.28. The molecule has 1 heterocycles. The molecule has 5 nitrogen and oxygen atoms in total. The first-order chi connectivity index (χ1) is 14.1. The first-order valence-corrected chi connectivity index (χ1v) is 10.0. The van der Waals surface area contributed by atoms with E-state index in [0.717, 1.165) is 22.5 Å².